The van der Waals surface area contributed by atoms with Crippen molar-refractivity contribution in [2.75, 3.05) is 9.80 Å². The molecule has 0 fully saturated rings. The van der Waals surface area contributed by atoms with Crippen LogP contribution in [0.5, 0.6) is 0 Å². The number of aromatic nitrogens is 1. The fourth-order valence-electron chi connectivity index (χ4n) is 13.4. The maximum absolute atomic E-state index is 2.57. The Morgan fingerprint density at radius 2 is 0.621 bits per heavy atom. The molecule has 16 aromatic rings. The van der Waals surface area contributed by atoms with E-state index in [0.29, 0.717) is 0 Å². The van der Waals surface area contributed by atoms with Gasteiger partial charge in [-0.3, -0.25) is 0 Å². The third-order valence-electron chi connectivity index (χ3n) is 17.8. The van der Waals surface area contributed by atoms with Gasteiger partial charge in [0, 0.05) is 55.4 Å². The zero-order valence-corrected chi connectivity index (χ0v) is 48.9. The minimum Gasteiger partial charge on any atom is -0.310 e. The molecule has 0 amide bonds. The van der Waals surface area contributed by atoms with Crippen LogP contribution in [0.3, 0.4) is 0 Å². The second-order valence-electron chi connectivity index (χ2n) is 24.2. The van der Waals surface area contributed by atoms with Crippen LogP contribution in [0.15, 0.2) is 315 Å². The first-order chi connectivity index (χ1) is 42.8. The van der Waals surface area contributed by atoms with Crippen molar-refractivity contribution >= 4 is 93.8 Å². The Morgan fingerprint density at radius 1 is 0.253 bits per heavy atom. The van der Waals surface area contributed by atoms with Gasteiger partial charge in [0.05, 0.1) is 27.9 Å². The van der Waals surface area contributed by atoms with Crippen LogP contribution >= 0.6 is 0 Å². The largest absolute Gasteiger partial charge is 0.310 e. The Labute approximate surface area is 507 Å². The molecule has 0 atom stereocenters. The number of anilines is 6. The summed E-state index contributed by atoms with van der Waals surface area (Å²) in [6.45, 7) is 6.86. The number of para-hydroxylation sites is 2. The molecule has 0 saturated heterocycles. The van der Waals surface area contributed by atoms with E-state index in [1.54, 1.807) is 0 Å². The average Bonchev–Trinajstić information content (AvgIpc) is 1.56. The lowest BCUT2D eigenvalue weighted by Crippen LogP contribution is -2.11. The van der Waals surface area contributed by atoms with Gasteiger partial charge in [0.15, 0.2) is 0 Å². The van der Waals surface area contributed by atoms with E-state index in [1.807, 2.05) is 0 Å². The van der Waals surface area contributed by atoms with Gasteiger partial charge >= 0.3 is 0 Å². The molecule has 0 unspecified atom stereocenters. The van der Waals surface area contributed by atoms with E-state index in [2.05, 4.69) is 350 Å². The molecule has 2 heterocycles. The quantitative estimate of drug-likeness (QED) is 0.128. The minimum absolute atomic E-state index is 0.0494. The molecular weight excluding hydrogens is 1050 g/mol. The van der Waals surface area contributed by atoms with Gasteiger partial charge in [0.1, 0.15) is 0 Å². The van der Waals surface area contributed by atoms with Gasteiger partial charge in [-0.25, -0.2) is 0 Å². The molecule has 0 spiro atoms. The van der Waals surface area contributed by atoms with E-state index in [0.717, 1.165) is 56.4 Å². The number of benzene rings is 14. The van der Waals surface area contributed by atoms with Gasteiger partial charge in [-0.2, -0.15) is 0 Å². The van der Waals surface area contributed by atoms with Crippen LogP contribution in [-0.4, -0.2) is 4.40 Å². The van der Waals surface area contributed by atoms with Gasteiger partial charge in [-0.05, 0) is 174 Å². The first-order valence-corrected chi connectivity index (χ1v) is 30.2. The van der Waals surface area contributed by atoms with Gasteiger partial charge in [-0.15, -0.1) is 0 Å². The Kier molecular flexibility index (Phi) is 12.4. The maximum Gasteiger partial charge on any atom is 0.0620 e. The van der Waals surface area contributed by atoms with E-state index in [4.69, 9.17) is 0 Å². The lowest BCUT2D eigenvalue weighted by molar-refractivity contribution is 0.590. The molecule has 3 heteroatoms. The SMILES string of the molecule is CC(C)(C)c1ccc(-c2cc3c4cc5ccc(N(c6ccccc6)c6cc(-c7ccccc7)ccc6-c6ccccc6)cc5cc4n4c5cc6cc(N(c7ccccc7)c7cc(-c8ccccc8)ccc7-c7ccccc7)ccc6cc5c(c2)c34)cc1. The van der Waals surface area contributed by atoms with E-state index in [-0.39, 0.29) is 5.41 Å². The molecule has 0 aliphatic carbocycles. The minimum atomic E-state index is 0.0494. The van der Waals surface area contributed by atoms with Crippen molar-refractivity contribution in [3.63, 3.8) is 0 Å². The summed E-state index contributed by atoms with van der Waals surface area (Å²) in [4.78, 5) is 4.89. The second-order valence-corrected chi connectivity index (χ2v) is 24.2. The van der Waals surface area contributed by atoms with Crippen molar-refractivity contribution < 1.29 is 0 Å². The molecule has 0 aliphatic heterocycles. The highest BCUT2D eigenvalue weighted by molar-refractivity contribution is 6.27. The molecule has 16 rings (SSSR count). The Bertz CT molecular complexity index is 4910. The van der Waals surface area contributed by atoms with Gasteiger partial charge in [0.2, 0.25) is 0 Å². The molecule has 0 saturated carbocycles. The lowest BCUT2D eigenvalue weighted by Gasteiger charge is -2.29. The number of hydrogen-bond acceptors (Lipinski definition) is 2. The summed E-state index contributed by atoms with van der Waals surface area (Å²) in [7, 11) is 0. The second kappa shape index (κ2) is 21.0. The predicted molar refractivity (Wildman–Crippen MR) is 371 cm³/mol. The molecule has 0 aliphatic rings. The van der Waals surface area contributed by atoms with Gasteiger partial charge < -0.3 is 14.2 Å². The third-order valence-corrected chi connectivity index (χ3v) is 17.8. The smallest absolute Gasteiger partial charge is 0.0620 e. The highest BCUT2D eigenvalue weighted by Crippen LogP contribution is 2.49. The molecule has 0 radical (unpaired) electrons. The first-order valence-electron chi connectivity index (χ1n) is 30.2. The van der Waals surface area contributed by atoms with E-state index in [9.17, 15) is 0 Å². The van der Waals surface area contributed by atoms with Crippen LogP contribution in [-0.2, 0) is 5.41 Å². The van der Waals surface area contributed by atoms with Gasteiger partial charge in [-0.1, -0.05) is 239 Å². The molecule has 0 N–H and O–H groups in total. The molecular formula is C84H61N3. The van der Waals surface area contributed by atoms with Crippen LogP contribution in [0.1, 0.15) is 26.3 Å². The number of rotatable bonds is 11. The fraction of sp³-hybridized carbons (Fsp3) is 0.0476. The number of hydrogen-bond donors (Lipinski definition) is 0. The first kappa shape index (κ1) is 51.6. The summed E-state index contributed by atoms with van der Waals surface area (Å²) in [6.07, 6.45) is 0. The van der Waals surface area contributed by atoms with Crippen LogP contribution in [0.4, 0.5) is 34.1 Å². The molecule has 2 aromatic heterocycles. The number of fused-ring (bicyclic) bond motifs is 8. The fourth-order valence-corrected chi connectivity index (χ4v) is 13.4. The molecule has 14 aromatic carbocycles. The van der Waals surface area contributed by atoms with Crippen LogP contribution in [0.2, 0.25) is 0 Å². The summed E-state index contributed by atoms with van der Waals surface area (Å²) in [6, 6.07) is 117. The van der Waals surface area contributed by atoms with Crippen LogP contribution in [0, 0.1) is 0 Å². The Balaban J connectivity index is 0.926. The Morgan fingerprint density at radius 3 is 1.02 bits per heavy atom. The number of nitrogens with zero attached hydrogens (tertiary/aromatic N) is 3. The maximum atomic E-state index is 2.57. The third kappa shape index (κ3) is 9.15. The normalized spacial score (nSPS) is 11.9. The summed E-state index contributed by atoms with van der Waals surface area (Å²) in [5.41, 5.74) is 23.3. The summed E-state index contributed by atoms with van der Waals surface area (Å²) in [5, 5.41) is 9.70. The van der Waals surface area contributed by atoms with Crippen molar-refractivity contribution in [1.29, 1.82) is 0 Å². The highest BCUT2D eigenvalue weighted by Gasteiger charge is 2.25. The summed E-state index contributed by atoms with van der Waals surface area (Å²) < 4.78 is 2.57. The van der Waals surface area contributed by atoms with Crippen molar-refractivity contribution in [3.05, 3.63) is 321 Å². The van der Waals surface area contributed by atoms with E-state index < -0.39 is 0 Å². The van der Waals surface area contributed by atoms with Crippen molar-refractivity contribution in [2.45, 2.75) is 26.2 Å². The zero-order chi connectivity index (χ0) is 58.2. The molecule has 87 heavy (non-hydrogen) atoms. The van der Waals surface area contributed by atoms with Crippen molar-refractivity contribution in [2.24, 2.45) is 0 Å². The summed E-state index contributed by atoms with van der Waals surface area (Å²) in [5.74, 6) is 0. The van der Waals surface area contributed by atoms with Gasteiger partial charge in [0.25, 0.3) is 0 Å². The molecule has 3 nitrogen and oxygen atoms in total. The van der Waals surface area contributed by atoms with Crippen LogP contribution < -0.4 is 9.80 Å². The lowest BCUT2D eigenvalue weighted by atomic mass is 9.86. The Hall–Kier alpha value is -11.0. The summed E-state index contributed by atoms with van der Waals surface area (Å²) >= 11 is 0. The van der Waals surface area contributed by atoms with E-state index >= 15 is 0 Å². The monoisotopic (exact) mass is 1110 g/mol. The topological polar surface area (TPSA) is 10.9 Å². The van der Waals surface area contributed by atoms with E-state index in [1.165, 1.54) is 98.6 Å². The molecule has 412 valence electrons. The standard InChI is InChI=1S/C84H61N3/c1-84(2,3)68-40-34-58(35-41-68)67-50-77-75-48-61-36-42-71(85(69-30-18-8-19-31-69)79-52-63(56-22-10-4-11-23-56)38-44-73(79)59-26-14-6-15-27-59)46-65(61)54-81(75)87-82-55-66-47-72(43-37-62(66)49-76(82)78(51-67)83(77)87)86(70-32-20-9-21-33-70)80-53-64(57-24-12-5-13-25-57)39-45-74(80)60-28-16-7-17-29-60/h4-55H,1-3H3. The average molecular weight is 1110 g/mol. The van der Waals surface area contributed by atoms with Crippen molar-refractivity contribution in [1.82, 2.24) is 4.40 Å². The molecule has 0 bridgehead atoms. The highest BCUT2D eigenvalue weighted by atomic mass is 15.2. The zero-order valence-electron chi connectivity index (χ0n) is 48.9. The predicted octanol–water partition coefficient (Wildman–Crippen LogP) is 23.7. The van der Waals surface area contributed by atoms with Crippen molar-refractivity contribution in [3.8, 4) is 55.6 Å². The van der Waals surface area contributed by atoms with Crippen LogP contribution in [0.25, 0.3) is 115 Å².